The van der Waals surface area contributed by atoms with Gasteiger partial charge in [-0.05, 0) is 34.1 Å². The molecule has 0 radical (unpaired) electrons. The zero-order chi connectivity index (χ0) is 16.9. The second-order valence-electron chi connectivity index (χ2n) is 6.29. The highest BCUT2D eigenvalue weighted by Crippen LogP contribution is 2.26. The Balaban J connectivity index is 2.83. The van der Waals surface area contributed by atoms with Crippen molar-refractivity contribution in [2.45, 2.75) is 39.7 Å². The summed E-state index contributed by atoms with van der Waals surface area (Å²) < 4.78 is 10.4. The van der Waals surface area contributed by atoms with Crippen molar-refractivity contribution in [1.29, 1.82) is 0 Å². The lowest BCUT2D eigenvalue weighted by molar-refractivity contribution is -0.155. The quantitative estimate of drug-likeness (QED) is 0.790. The van der Waals surface area contributed by atoms with E-state index in [1.807, 2.05) is 0 Å². The Bertz CT molecular complexity index is 430. The minimum atomic E-state index is -0.666. The summed E-state index contributed by atoms with van der Waals surface area (Å²) in [5.41, 5.74) is -0.603. The van der Waals surface area contributed by atoms with Crippen molar-refractivity contribution >= 4 is 18.0 Å². The van der Waals surface area contributed by atoms with Gasteiger partial charge in [0.2, 0.25) is 5.91 Å². The molecule has 0 bridgehead atoms. The van der Waals surface area contributed by atoms with Crippen molar-refractivity contribution in [1.82, 2.24) is 10.2 Å². The van der Waals surface area contributed by atoms with E-state index in [2.05, 4.69) is 5.32 Å². The third kappa shape index (κ3) is 4.89. The average Bonchev–Trinajstić information content (AvgIpc) is 2.44. The molecule has 7 heteroatoms. The molecule has 1 rings (SSSR count). The fraction of sp³-hybridized carbons (Fsp3) is 0.800. The molecule has 2 amide bonds. The third-order valence-electron chi connectivity index (χ3n) is 3.44. The zero-order valence-electron chi connectivity index (χ0n) is 14.0. The monoisotopic (exact) mass is 314 g/mol. The van der Waals surface area contributed by atoms with Crippen LogP contribution in [0.4, 0.5) is 4.79 Å². The van der Waals surface area contributed by atoms with Crippen LogP contribution in [-0.4, -0.2) is 55.2 Å². The number of rotatable bonds is 3. The molecule has 126 valence electrons. The Morgan fingerprint density at radius 3 is 2.36 bits per heavy atom. The second kappa shape index (κ2) is 7.47. The van der Waals surface area contributed by atoms with Gasteiger partial charge in [0.25, 0.3) is 0 Å². The molecule has 1 aliphatic heterocycles. The summed E-state index contributed by atoms with van der Waals surface area (Å²) >= 11 is 0. The maximum Gasteiger partial charge on any atom is 0.410 e. The Hall–Kier alpha value is -1.79. The summed E-state index contributed by atoms with van der Waals surface area (Å²) in [4.78, 5) is 37.6. The molecule has 0 aromatic rings. The predicted molar refractivity (Wildman–Crippen MR) is 80.1 cm³/mol. The Morgan fingerprint density at radius 2 is 1.86 bits per heavy atom. The van der Waals surface area contributed by atoms with Crippen molar-refractivity contribution < 1.29 is 23.9 Å². The van der Waals surface area contributed by atoms with Crippen LogP contribution in [0.1, 0.15) is 34.1 Å². The normalized spacial score (nSPS) is 22.0. The number of amides is 2. The van der Waals surface area contributed by atoms with Crippen LogP contribution in [0.25, 0.3) is 0 Å². The number of likely N-dealkylation sites (tertiary alicyclic amines) is 1. The molecule has 2 atom stereocenters. The van der Waals surface area contributed by atoms with Crippen LogP contribution < -0.4 is 5.32 Å². The molecular formula is C15H26N2O5. The van der Waals surface area contributed by atoms with Gasteiger partial charge in [-0.3, -0.25) is 9.59 Å². The number of hydrogen-bond acceptors (Lipinski definition) is 5. The summed E-state index contributed by atoms with van der Waals surface area (Å²) in [6.45, 7) is 7.80. The number of nitrogens with one attached hydrogen (secondary N) is 1. The fourth-order valence-electron chi connectivity index (χ4n) is 2.43. The van der Waals surface area contributed by atoms with E-state index < -0.39 is 29.5 Å². The van der Waals surface area contributed by atoms with Crippen LogP contribution >= 0.6 is 0 Å². The molecule has 1 heterocycles. The van der Waals surface area contributed by atoms with Gasteiger partial charge in [-0.1, -0.05) is 0 Å². The predicted octanol–water partition coefficient (Wildman–Crippen LogP) is 1.17. The minimum absolute atomic E-state index is 0.131. The van der Waals surface area contributed by atoms with Crippen LogP contribution in [0.5, 0.6) is 0 Å². The maximum atomic E-state index is 12.1. The highest BCUT2D eigenvalue weighted by molar-refractivity contribution is 5.86. The van der Waals surface area contributed by atoms with Gasteiger partial charge >= 0.3 is 12.1 Å². The molecule has 0 spiro atoms. The lowest BCUT2D eigenvalue weighted by Gasteiger charge is -2.36. The molecule has 1 saturated heterocycles. The summed E-state index contributed by atoms with van der Waals surface area (Å²) in [5, 5.41) is 2.56. The first-order chi connectivity index (χ1) is 10.2. The summed E-state index contributed by atoms with van der Waals surface area (Å²) in [5.74, 6) is -1.81. The first-order valence-electron chi connectivity index (χ1n) is 7.55. The molecule has 1 N–H and O–H groups in total. The SMILES string of the molecule is CCOC(=O)[C@H]1CN(C(=O)OC(C)(C)C)CC[C@@H]1C(=O)NC. The summed E-state index contributed by atoms with van der Waals surface area (Å²) in [7, 11) is 1.53. The first-order valence-corrected chi connectivity index (χ1v) is 7.55. The second-order valence-corrected chi connectivity index (χ2v) is 6.29. The molecule has 0 aliphatic carbocycles. The average molecular weight is 314 g/mol. The number of nitrogens with zero attached hydrogens (tertiary/aromatic N) is 1. The standard InChI is InChI=1S/C15H26N2O5/c1-6-21-13(19)11-9-17(14(20)22-15(2,3)4)8-7-10(11)12(18)16-5/h10-11H,6-9H2,1-5H3,(H,16,18)/t10-,11-/m0/s1. The summed E-state index contributed by atoms with van der Waals surface area (Å²) in [6.07, 6.45) is -0.0697. The van der Waals surface area contributed by atoms with E-state index in [4.69, 9.17) is 9.47 Å². The van der Waals surface area contributed by atoms with Gasteiger partial charge in [0, 0.05) is 20.1 Å². The van der Waals surface area contributed by atoms with Gasteiger partial charge in [0.1, 0.15) is 5.60 Å². The number of ether oxygens (including phenoxy) is 2. The lowest BCUT2D eigenvalue weighted by atomic mass is 9.85. The van der Waals surface area contributed by atoms with Gasteiger partial charge in [-0.15, -0.1) is 0 Å². The molecular weight excluding hydrogens is 288 g/mol. The van der Waals surface area contributed by atoms with Gasteiger partial charge in [-0.25, -0.2) is 4.79 Å². The van der Waals surface area contributed by atoms with Crippen LogP contribution in [0.3, 0.4) is 0 Å². The van der Waals surface area contributed by atoms with Crippen molar-refractivity contribution in [2.24, 2.45) is 11.8 Å². The van der Waals surface area contributed by atoms with Crippen LogP contribution in [0, 0.1) is 11.8 Å². The van der Waals surface area contributed by atoms with Crippen LogP contribution in [-0.2, 0) is 19.1 Å². The molecule has 0 saturated carbocycles. The molecule has 0 aromatic heterocycles. The van der Waals surface area contributed by atoms with Crippen molar-refractivity contribution in [3.8, 4) is 0 Å². The van der Waals surface area contributed by atoms with Crippen LogP contribution in [0.2, 0.25) is 0 Å². The number of carbonyl (C=O) groups is 3. The van der Waals surface area contributed by atoms with Gasteiger partial charge in [0.05, 0.1) is 18.4 Å². The molecule has 1 aliphatic rings. The van der Waals surface area contributed by atoms with E-state index in [1.54, 1.807) is 27.7 Å². The van der Waals surface area contributed by atoms with Crippen LogP contribution in [0.15, 0.2) is 0 Å². The maximum absolute atomic E-state index is 12.1. The van der Waals surface area contributed by atoms with E-state index in [-0.39, 0.29) is 19.1 Å². The van der Waals surface area contributed by atoms with E-state index in [0.717, 1.165) is 0 Å². The molecule has 0 unspecified atom stereocenters. The van der Waals surface area contributed by atoms with Crippen molar-refractivity contribution in [3.63, 3.8) is 0 Å². The van der Waals surface area contributed by atoms with Gasteiger partial charge in [0.15, 0.2) is 0 Å². The third-order valence-corrected chi connectivity index (χ3v) is 3.44. The highest BCUT2D eigenvalue weighted by Gasteiger charge is 2.41. The number of esters is 1. The fourth-order valence-corrected chi connectivity index (χ4v) is 2.43. The zero-order valence-corrected chi connectivity index (χ0v) is 14.0. The Kier molecular flexibility index (Phi) is 6.20. The van der Waals surface area contributed by atoms with E-state index >= 15 is 0 Å². The largest absolute Gasteiger partial charge is 0.466 e. The topological polar surface area (TPSA) is 84.9 Å². The lowest BCUT2D eigenvalue weighted by Crippen LogP contribution is -2.51. The van der Waals surface area contributed by atoms with E-state index in [0.29, 0.717) is 13.0 Å². The van der Waals surface area contributed by atoms with E-state index in [1.165, 1.54) is 11.9 Å². The number of carbonyl (C=O) groups excluding carboxylic acids is 3. The Morgan fingerprint density at radius 1 is 1.23 bits per heavy atom. The smallest absolute Gasteiger partial charge is 0.410 e. The van der Waals surface area contributed by atoms with Gasteiger partial charge < -0.3 is 19.7 Å². The molecule has 22 heavy (non-hydrogen) atoms. The Labute approximate surface area is 131 Å². The molecule has 7 nitrogen and oxygen atoms in total. The van der Waals surface area contributed by atoms with Crippen molar-refractivity contribution in [3.05, 3.63) is 0 Å². The van der Waals surface area contributed by atoms with Crippen molar-refractivity contribution in [2.75, 3.05) is 26.7 Å². The highest BCUT2D eigenvalue weighted by atomic mass is 16.6. The first kappa shape index (κ1) is 18.3. The molecule has 0 aromatic carbocycles. The van der Waals surface area contributed by atoms with Gasteiger partial charge in [-0.2, -0.15) is 0 Å². The minimum Gasteiger partial charge on any atom is -0.466 e. The number of piperidine rings is 1. The van der Waals surface area contributed by atoms with E-state index in [9.17, 15) is 14.4 Å². The summed E-state index contributed by atoms with van der Waals surface area (Å²) in [6, 6.07) is 0. The number of hydrogen-bond donors (Lipinski definition) is 1. The molecule has 1 fully saturated rings.